The van der Waals surface area contributed by atoms with Gasteiger partial charge in [0.2, 0.25) is 5.91 Å². The van der Waals surface area contributed by atoms with Gasteiger partial charge in [-0.2, -0.15) is 0 Å². The molecule has 3 N–H and O–H groups in total. The third-order valence-corrected chi connectivity index (χ3v) is 3.86. The van der Waals surface area contributed by atoms with Crippen LogP contribution >= 0.6 is 0 Å². The number of hydrogen-bond acceptors (Lipinski definition) is 4. The van der Waals surface area contributed by atoms with E-state index in [0.29, 0.717) is 17.9 Å². The van der Waals surface area contributed by atoms with E-state index >= 15 is 0 Å². The average Bonchev–Trinajstić information content (AvgIpc) is 2.72. The van der Waals surface area contributed by atoms with E-state index in [0.717, 1.165) is 16.7 Å². The Morgan fingerprint density at radius 1 is 1.21 bits per heavy atom. The Bertz CT molecular complexity index is 816. The maximum atomic E-state index is 12.4. The van der Waals surface area contributed by atoms with Crippen molar-refractivity contribution in [2.24, 2.45) is 10.7 Å². The SMILES string of the molecule is NCc1ccc2c(c1)N(CC(=O)O)C(=O)CN=C2c1ccccc1. The lowest BCUT2D eigenvalue weighted by Gasteiger charge is -2.22. The summed E-state index contributed by atoms with van der Waals surface area (Å²) in [6, 6.07) is 15.0. The number of benzene rings is 2. The van der Waals surface area contributed by atoms with Gasteiger partial charge < -0.3 is 10.8 Å². The van der Waals surface area contributed by atoms with Crippen molar-refractivity contribution in [3.63, 3.8) is 0 Å². The van der Waals surface area contributed by atoms with Crippen LogP contribution in [0.25, 0.3) is 0 Å². The number of aliphatic imine (C=N–C) groups is 1. The zero-order valence-electron chi connectivity index (χ0n) is 13.0. The zero-order valence-corrected chi connectivity index (χ0v) is 13.0. The molecule has 6 nitrogen and oxygen atoms in total. The lowest BCUT2D eigenvalue weighted by molar-refractivity contribution is -0.136. The van der Waals surface area contributed by atoms with Gasteiger partial charge in [-0.25, -0.2) is 0 Å². The van der Waals surface area contributed by atoms with Crippen molar-refractivity contribution in [2.45, 2.75) is 6.54 Å². The Morgan fingerprint density at radius 3 is 2.62 bits per heavy atom. The van der Waals surface area contributed by atoms with E-state index in [-0.39, 0.29) is 12.5 Å². The average molecular weight is 323 g/mol. The van der Waals surface area contributed by atoms with E-state index < -0.39 is 12.5 Å². The van der Waals surface area contributed by atoms with E-state index in [1.807, 2.05) is 42.5 Å². The number of aliphatic carboxylic acids is 1. The smallest absolute Gasteiger partial charge is 0.323 e. The number of nitrogens with two attached hydrogens (primary N) is 1. The van der Waals surface area contributed by atoms with Crippen LogP contribution in [0.1, 0.15) is 16.7 Å². The summed E-state index contributed by atoms with van der Waals surface area (Å²) in [5, 5.41) is 9.15. The van der Waals surface area contributed by atoms with Gasteiger partial charge in [-0.3, -0.25) is 19.5 Å². The van der Waals surface area contributed by atoms with E-state index in [1.165, 1.54) is 4.90 Å². The first kappa shape index (κ1) is 15.9. The fourth-order valence-corrected chi connectivity index (χ4v) is 2.73. The monoisotopic (exact) mass is 323 g/mol. The van der Waals surface area contributed by atoms with Gasteiger partial charge in [0, 0.05) is 17.7 Å². The van der Waals surface area contributed by atoms with Crippen molar-refractivity contribution in [1.29, 1.82) is 0 Å². The second-order valence-corrected chi connectivity index (χ2v) is 5.46. The van der Waals surface area contributed by atoms with Gasteiger partial charge in [0.25, 0.3) is 0 Å². The van der Waals surface area contributed by atoms with E-state index in [1.54, 1.807) is 6.07 Å². The third kappa shape index (κ3) is 3.04. The highest BCUT2D eigenvalue weighted by molar-refractivity contribution is 6.20. The van der Waals surface area contributed by atoms with Crippen molar-refractivity contribution >= 4 is 23.3 Å². The number of fused-ring (bicyclic) bond motifs is 1. The van der Waals surface area contributed by atoms with Crippen LogP contribution in [-0.4, -0.2) is 35.8 Å². The van der Waals surface area contributed by atoms with Crippen molar-refractivity contribution in [3.05, 3.63) is 65.2 Å². The molecule has 24 heavy (non-hydrogen) atoms. The number of carbonyl (C=O) groups is 2. The van der Waals surface area contributed by atoms with Crippen LogP contribution in [0.15, 0.2) is 53.5 Å². The van der Waals surface area contributed by atoms with Crippen molar-refractivity contribution < 1.29 is 14.7 Å². The maximum Gasteiger partial charge on any atom is 0.323 e. The number of amides is 1. The minimum Gasteiger partial charge on any atom is -0.480 e. The molecule has 1 amide bonds. The molecule has 3 rings (SSSR count). The third-order valence-electron chi connectivity index (χ3n) is 3.86. The molecule has 0 saturated carbocycles. The molecule has 1 aliphatic rings. The highest BCUT2D eigenvalue weighted by atomic mass is 16.4. The molecule has 1 aliphatic heterocycles. The molecule has 2 aromatic rings. The van der Waals surface area contributed by atoms with Crippen LogP contribution in [0.2, 0.25) is 0 Å². The van der Waals surface area contributed by atoms with Crippen molar-refractivity contribution in [1.82, 2.24) is 0 Å². The zero-order chi connectivity index (χ0) is 17.1. The van der Waals surface area contributed by atoms with Gasteiger partial charge in [0.05, 0.1) is 11.4 Å². The number of nitrogens with zero attached hydrogens (tertiary/aromatic N) is 2. The maximum absolute atomic E-state index is 12.4. The van der Waals surface area contributed by atoms with Gasteiger partial charge in [-0.15, -0.1) is 0 Å². The summed E-state index contributed by atoms with van der Waals surface area (Å²) in [7, 11) is 0. The normalized spacial score (nSPS) is 14.0. The summed E-state index contributed by atoms with van der Waals surface area (Å²) in [5.74, 6) is -1.42. The predicted molar refractivity (Wildman–Crippen MR) is 91.3 cm³/mol. The molecule has 0 aromatic heterocycles. The number of carbonyl (C=O) groups excluding carboxylic acids is 1. The minimum atomic E-state index is -1.07. The molecule has 0 atom stereocenters. The molecular formula is C18H17N3O3. The van der Waals surface area contributed by atoms with Crippen molar-refractivity contribution in [2.75, 3.05) is 18.0 Å². The molecule has 6 heteroatoms. The molecule has 0 saturated heterocycles. The fraction of sp³-hybridized carbons (Fsp3) is 0.167. The van der Waals surface area contributed by atoms with Crippen LogP contribution in [0.4, 0.5) is 5.69 Å². The number of carboxylic acid groups (broad SMARTS) is 1. The van der Waals surface area contributed by atoms with Gasteiger partial charge in [0.15, 0.2) is 0 Å². The highest BCUT2D eigenvalue weighted by Gasteiger charge is 2.26. The summed E-state index contributed by atoms with van der Waals surface area (Å²) in [6.45, 7) is -0.193. The van der Waals surface area contributed by atoms with Gasteiger partial charge >= 0.3 is 5.97 Å². The summed E-state index contributed by atoms with van der Waals surface area (Å²) in [5.41, 5.74) is 9.34. The largest absolute Gasteiger partial charge is 0.480 e. The Morgan fingerprint density at radius 2 is 1.96 bits per heavy atom. The number of anilines is 1. The number of rotatable bonds is 4. The van der Waals surface area contributed by atoms with E-state index in [2.05, 4.69) is 4.99 Å². The van der Waals surface area contributed by atoms with Gasteiger partial charge in [0.1, 0.15) is 13.1 Å². The second-order valence-electron chi connectivity index (χ2n) is 5.46. The fourth-order valence-electron chi connectivity index (χ4n) is 2.73. The first-order chi connectivity index (χ1) is 11.6. The molecule has 0 radical (unpaired) electrons. The molecule has 0 fully saturated rings. The Kier molecular flexibility index (Phi) is 4.39. The molecular weight excluding hydrogens is 306 g/mol. The van der Waals surface area contributed by atoms with Crippen LogP contribution in [0.3, 0.4) is 0 Å². The quantitative estimate of drug-likeness (QED) is 0.889. The molecule has 1 heterocycles. The van der Waals surface area contributed by atoms with E-state index in [9.17, 15) is 9.59 Å². The van der Waals surface area contributed by atoms with Crippen LogP contribution in [0, 0.1) is 0 Å². The molecule has 0 aliphatic carbocycles. The van der Waals surface area contributed by atoms with Crippen molar-refractivity contribution in [3.8, 4) is 0 Å². The van der Waals surface area contributed by atoms with Gasteiger partial charge in [-0.05, 0) is 11.6 Å². The molecule has 122 valence electrons. The Hall–Kier alpha value is -2.99. The van der Waals surface area contributed by atoms with Gasteiger partial charge in [-0.1, -0.05) is 42.5 Å². The summed E-state index contributed by atoms with van der Waals surface area (Å²) in [4.78, 5) is 29.3. The standard InChI is InChI=1S/C18H17N3O3/c19-9-12-6-7-14-15(8-12)21(11-17(23)24)16(22)10-20-18(14)13-4-2-1-3-5-13/h1-8H,9-11,19H2,(H,23,24). The van der Waals surface area contributed by atoms with Crippen LogP contribution in [-0.2, 0) is 16.1 Å². The minimum absolute atomic E-state index is 0.0931. The Balaban J connectivity index is 2.18. The topological polar surface area (TPSA) is 96.0 Å². The van der Waals surface area contributed by atoms with Crippen LogP contribution < -0.4 is 10.6 Å². The summed E-state index contributed by atoms with van der Waals surface area (Å²) in [6.07, 6.45) is 0. The number of hydrogen-bond donors (Lipinski definition) is 2. The molecule has 0 spiro atoms. The number of benzodiazepines with no additional fused rings is 1. The number of carboxylic acids is 1. The predicted octanol–water partition coefficient (Wildman–Crippen LogP) is 1.41. The first-order valence-electron chi connectivity index (χ1n) is 7.55. The molecule has 0 unspecified atom stereocenters. The second kappa shape index (κ2) is 6.64. The lowest BCUT2D eigenvalue weighted by Crippen LogP contribution is -2.37. The molecule has 2 aromatic carbocycles. The Labute approximate surface area is 139 Å². The lowest BCUT2D eigenvalue weighted by atomic mass is 9.98. The molecule has 0 bridgehead atoms. The summed E-state index contributed by atoms with van der Waals surface area (Å²) >= 11 is 0. The van der Waals surface area contributed by atoms with E-state index in [4.69, 9.17) is 10.8 Å². The highest BCUT2D eigenvalue weighted by Crippen LogP contribution is 2.28. The van der Waals surface area contributed by atoms with Crippen LogP contribution in [0.5, 0.6) is 0 Å². The summed E-state index contributed by atoms with van der Waals surface area (Å²) < 4.78 is 0. The first-order valence-corrected chi connectivity index (χ1v) is 7.55.